The van der Waals surface area contributed by atoms with Crippen LogP contribution in [0.2, 0.25) is 0 Å². The molecule has 0 aliphatic carbocycles. The van der Waals surface area contributed by atoms with Gasteiger partial charge in [-0.2, -0.15) is 0 Å². The molecule has 1 rings (SSSR count). The molecule has 0 unspecified atom stereocenters. The molecule has 2 nitrogen and oxygen atoms in total. The van der Waals surface area contributed by atoms with Crippen LogP contribution in [0.4, 0.5) is 0 Å². The molecule has 0 aliphatic rings. The number of phenolic OH excluding ortho intramolecular Hbond substituents is 2. The summed E-state index contributed by atoms with van der Waals surface area (Å²) in [4.78, 5) is 0. The van der Waals surface area contributed by atoms with Crippen LogP contribution in [-0.2, 0) is 12.8 Å². The summed E-state index contributed by atoms with van der Waals surface area (Å²) in [5.74, 6) is 0.751. The summed E-state index contributed by atoms with van der Waals surface area (Å²) in [6.45, 7) is 4.54. The highest BCUT2D eigenvalue weighted by Crippen LogP contribution is 2.32. The summed E-state index contributed by atoms with van der Waals surface area (Å²) < 4.78 is 0. The molecule has 0 atom stereocenters. The third kappa shape index (κ3) is 14.1. The number of aromatic hydroxyl groups is 2. The minimum absolute atomic E-state index is 0.376. The van der Waals surface area contributed by atoms with E-state index in [9.17, 15) is 10.2 Å². The van der Waals surface area contributed by atoms with Gasteiger partial charge in [-0.05, 0) is 37.8 Å². The van der Waals surface area contributed by atoms with Crippen LogP contribution in [0, 0.1) is 0 Å². The molecule has 0 aromatic heterocycles. The van der Waals surface area contributed by atoms with Crippen LogP contribution < -0.4 is 0 Å². The van der Waals surface area contributed by atoms with Gasteiger partial charge in [-0.3, -0.25) is 0 Å². The lowest BCUT2D eigenvalue weighted by Gasteiger charge is -2.14. The van der Waals surface area contributed by atoms with E-state index in [1.54, 1.807) is 12.1 Å². The molecule has 1 aromatic rings. The molecule has 2 heteroatoms. The number of phenols is 2. The van der Waals surface area contributed by atoms with Crippen molar-refractivity contribution in [1.82, 2.24) is 0 Å². The molecule has 0 aliphatic heterocycles. The average Bonchev–Trinajstić information content (AvgIpc) is 2.79. The lowest BCUT2D eigenvalue weighted by Crippen LogP contribution is -1.97. The van der Waals surface area contributed by atoms with Gasteiger partial charge in [0.2, 0.25) is 0 Å². The highest BCUT2D eigenvalue weighted by atomic mass is 16.3. The Morgan fingerprint density at radius 3 is 0.938 bits per heavy atom. The number of hydrogen-bond donors (Lipinski definition) is 2. The van der Waals surface area contributed by atoms with Gasteiger partial charge >= 0.3 is 0 Å². The Morgan fingerprint density at radius 2 is 0.656 bits per heavy atom. The molecule has 0 heterocycles. The van der Waals surface area contributed by atoms with Crippen molar-refractivity contribution in [2.24, 2.45) is 0 Å². The second kappa shape index (κ2) is 20.4. The van der Waals surface area contributed by atoms with Crippen molar-refractivity contribution < 1.29 is 10.2 Å². The monoisotopic (exact) mass is 446 g/mol. The van der Waals surface area contributed by atoms with Crippen molar-refractivity contribution in [3.05, 3.63) is 23.3 Å². The summed E-state index contributed by atoms with van der Waals surface area (Å²) in [6, 6.07) is 3.34. The second-order valence-corrected chi connectivity index (χ2v) is 9.92. The number of rotatable bonds is 22. The van der Waals surface area contributed by atoms with Gasteiger partial charge in [0, 0.05) is 11.1 Å². The molecule has 0 fully saturated rings. The maximum absolute atomic E-state index is 10.4. The fourth-order valence-corrected chi connectivity index (χ4v) is 4.80. The third-order valence-corrected chi connectivity index (χ3v) is 6.94. The van der Waals surface area contributed by atoms with Crippen molar-refractivity contribution in [2.45, 2.75) is 155 Å². The molecular formula is C30H54O2. The van der Waals surface area contributed by atoms with Crippen LogP contribution in [0.15, 0.2) is 12.1 Å². The van der Waals surface area contributed by atoms with Gasteiger partial charge in [-0.1, -0.05) is 129 Å². The molecule has 32 heavy (non-hydrogen) atoms. The van der Waals surface area contributed by atoms with Crippen LogP contribution in [0.3, 0.4) is 0 Å². The van der Waals surface area contributed by atoms with Gasteiger partial charge in [0.25, 0.3) is 0 Å². The third-order valence-electron chi connectivity index (χ3n) is 6.94. The molecule has 0 saturated heterocycles. The van der Waals surface area contributed by atoms with Gasteiger partial charge in [-0.25, -0.2) is 0 Å². The second-order valence-electron chi connectivity index (χ2n) is 9.92. The zero-order chi connectivity index (χ0) is 23.3. The Balaban J connectivity index is 2.21. The Hall–Kier alpha value is -1.18. The predicted octanol–water partition coefficient (Wildman–Crippen LogP) is 10.0. The summed E-state index contributed by atoms with van der Waals surface area (Å²) in [7, 11) is 0. The first-order chi connectivity index (χ1) is 15.7. The van der Waals surface area contributed by atoms with Crippen LogP contribution in [-0.4, -0.2) is 10.2 Å². The zero-order valence-corrected chi connectivity index (χ0v) is 21.6. The summed E-state index contributed by atoms with van der Waals surface area (Å²) in [5, 5.41) is 20.8. The van der Waals surface area contributed by atoms with Crippen molar-refractivity contribution >= 4 is 0 Å². The van der Waals surface area contributed by atoms with E-state index < -0.39 is 0 Å². The molecule has 0 bridgehead atoms. The lowest BCUT2D eigenvalue weighted by atomic mass is 9.94. The SMILES string of the molecule is CCCCCCCCCCCCc1c(O)ccc(O)c1CCCCCCCCCCCC. The van der Waals surface area contributed by atoms with Gasteiger partial charge in [-0.15, -0.1) is 0 Å². The first-order valence-corrected chi connectivity index (χ1v) is 14.2. The first-order valence-electron chi connectivity index (χ1n) is 14.2. The molecule has 0 amide bonds. The zero-order valence-electron chi connectivity index (χ0n) is 21.6. The largest absolute Gasteiger partial charge is 0.508 e. The topological polar surface area (TPSA) is 40.5 Å². The van der Waals surface area contributed by atoms with Gasteiger partial charge in [0.1, 0.15) is 11.5 Å². The van der Waals surface area contributed by atoms with Crippen LogP contribution in [0.25, 0.3) is 0 Å². The summed E-state index contributed by atoms with van der Waals surface area (Å²) in [6.07, 6.45) is 28.2. The molecule has 2 N–H and O–H groups in total. The average molecular weight is 447 g/mol. The van der Waals surface area contributed by atoms with Gasteiger partial charge < -0.3 is 10.2 Å². The van der Waals surface area contributed by atoms with Gasteiger partial charge in [0.05, 0.1) is 0 Å². The fraction of sp³-hybridized carbons (Fsp3) is 0.800. The minimum atomic E-state index is 0.376. The Morgan fingerprint density at radius 1 is 0.406 bits per heavy atom. The van der Waals surface area contributed by atoms with E-state index in [-0.39, 0.29) is 0 Å². The number of unbranched alkanes of at least 4 members (excludes halogenated alkanes) is 18. The molecule has 1 aromatic carbocycles. The van der Waals surface area contributed by atoms with Crippen molar-refractivity contribution in [3.8, 4) is 11.5 Å². The maximum atomic E-state index is 10.4. The first kappa shape index (κ1) is 28.9. The molecule has 0 radical (unpaired) electrons. The predicted molar refractivity (Wildman–Crippen MR) is 141 cm³/mol. The smallest absolute Gasteiger partial charge is 0.119 e. The van der Waals surface area contributed by atoms with E-state index in [1.165, 1.54) is 116 Å². The van der Waals surface area contributed by atoms with E-state index in [0.717, 1.165) is 36.8 Å². The fourth-order valence-electron chi connectivity index (χ4n) is 4.80. The van der Waals surface area contributed by atoms with Crippen molar-refractivity contribution in [3.63, 3.8) is 0 Å². The van der Waals surface area contributed by atoms with Crippen molar-refractivity contribution in [1.29, 1.82) is 0 Å². The number of hydrogen-bond acceptors (Lipinski definition) is 2. The quantitative estimate of drug-likeness (QED) is 0.137. The van der Waals surface area contributed by atoms with Crippen LogP contribution in [0.5, 0.6) is 11.5 Å². The molecule has 0 spiro atoms. The van der Waals surface area contributed by atoms with E-state index >= 15 is 0 Å². The van der Waals surface area contributed by atoms with E-state index in [1.807, 2.05) is 0 Å². The molecular weight excluding hydrogens is 392 g/mol. The normalized spacial score (nSPS) is 11.3. The molecule has 0 saturated carbocycles. The summed E-state index contributed by atoms with van der Waals surface area (Å²) >= 11 is 0. The standard InChI is InChI=1S/C30H54O2/c1-3-5-7-9-11-13-15-17-19-21-23-27-28(30(32)26-25-29(27)31)24-22-20-18-16-14-12-10-8-6-4-2/h25-26,31-32H,3-24H2,1-2H3. The van der Waals surface area contributed by atoms with Gasteiger partial charge in [0.15, 0.2) is 0 Å². The highest BCUT2D eigenvalue weighted by Gasteiger charge is 2.12. The van der Waals surface area contributed by atoms with Crippen molar-refractivity contribution in [2.75, 3.05) is 0 Å². The lowest BCUT2D eigenvalue weighted by molar-refractivity contribution is 0.444. The van der Waals surface area contributed by atoms with E-state index in [4.69, 9.17) is 0 Å². The van der Waals surface area contributed by atoms with E-state index in [0.29, 0.717) is 11.5 Å². The minimum Gasteiger partial charge on any atom is -0.508 e. The maximum Gasteiger partial charge on any atom is 0.119 e. The van der Waals surface area contributed by atoms with E-state index in [2.05, 4.69) is 13.8 Å². The Labute approximate surface area is 200 Å². The Bertz CT molecular complexity index is 503. The Kier molecular flexibility index (Phi) is 18.4. The van der Waals surface area contributed by atoms with Crippen LogP contribution in [0.1, 0.15) is 153 Å². The molecule has 186 valence electrons. The van der Waals surface area contributed by atoms with Crippen LogP contribution >= 0.6 is 0 Å². The highest BCUT2D eigenvalue weighted by molar-refractivity contribution is 5.47. The number of benzene rings is 1. The summed E-state index contributed by atoms with van der Waals surface area (Å²) in [5.41, 5.74) is 2.00.